The molecule has 0 aliphatic carbocycles. The highest BCUT2D eigenvalue weighted by Gasteiger charge is 2.06. The van der Waals surface area contributed by atoms with Gasteiger partial charge in [0.25, 0.3) is 0 Å². The highest BCUT2D eigenvalue weighted by atomic mass is 32.2. The first-order valence-corrected chi connectivity index (χ1v) is 6.36. The molecule has 0 heterocycles. The van der Waals surface area contributed by atoms with Gasteiger partial charge in [0.15, 0.2) is 0 Å². The van der Waals surface area contributed by atoms with E-state index in [2.05, 4.69) is 4.72 Å². The van der Waals surface area contributed by atoms with E-state index in [0.29, 0.717) is 13.0 Å². The molecule has 2 N–H and O–H groups in total. The predicted octanol–water partition coefficient (Wildman–Crippen LogP) is 0.478. The van der Waals surface area contributed by atoms with Gasteiger partial charge >= 0.3 is 0 Å². The van der Waals surface area contributed by atoms with Gasteiger partial charge in [-0.3, -0.25) is 0 Å². The third-order valence-electron chi connectivity index (χ3n) is 1.63. The van der Waals surface area contributed by atoms with Gasteiger partial charge in [0.1, 0.15) is 0 Å². The molecule has 0 rings (SSSR count). The predicted molar refractivity (Wildman–Crippen MR) is 53.0 cm³/mol. The number of aliphatic hydroxyl groups excluding tert-OH is 1. The van der Waals surface area contributed by atoms with Crippen LogP contribution in [0.3, 0.4) is 0 Å². The Morgan fingerprint density at radius 3 is 2.46 bits per heavy atom. The molecule has 0 saturated carbocycles. The van der Waals surface area contributed by atoms with E-state index in [4.69, 9.17) is 5.11 Å². The van der Waals surface area contributed by atoms with Gasteiger partial charge in [0, 0.05) is 13.2 Å². The molecule has 80 valence electrons. The van der Waals surface area contributed by atoms with Crippen LogP contribution in [-0.4, -0.2) is 32.4 Å². The fraction of sp³-hybridized carbons (Fsp3) is 1.00. The van der Waals surface area contributed by atoms with Crippen molar-refractivity contribution in [2.75, 3.05) is 18.9 Å². The lowest BCUT2D eigenvalue weighted by Crippen LogP contribution is -2.27. The molecule has 0 bridgehead atoms. The highest BCUT2D eigenvalue weighted by molar-refractivity contribution is 7.89. The van der Waals surface area contributed by atoms with Crippen LogP contribution in [-0.2, 0) is 10.0 Å². The van der Waals surface area contributed by atoms with Crippen LogP contribution in [0.2, 0.25) is 0 Å². The van der Waals surface area contributed by atoms with Crippen LogP contribution < -0.4 is 4.72 Å². The van der Waals surface area contributed by atoms with Gasteiger partial charge < -0.3 is 5.11 Å². The van der Waals surface area contributed by atoms with Crippen LogP contribution in [0, 0.1) is 0 Å². The third-order valence-corrected chi connectivity index (χ3v) is 3.22. The van der Waals surface area contributed by atoms with Gasteiger partial charge in [-0.2, -0.15) is 0 Å². The number of hydrogen-bond acceptors (Lipinski definition) is 3. The molecule has 0 amide bonds. The van der Waals surface area contributed by atoms with Gasteiger partial charge in [0.2, 0.25) is 10.0 Å². The molecule has 0 unspecified atom stereocenters. The lowest BCUT2D eigenvalue weighted by Gasteiger charge is -2.04. The molecule has 0 atom stereocenters. The molecule has 0 radical (unpaired) electrons. The minimum absolute atomic E-state index is 0.182. The maximum Gasteiger partial charge on any atom is 0.211 e. The Hall–Kier alpha value is -0.130. The van der Waals surface area contributed by atoms with E-state index < -0.39 is 10.0 Å². The van der Waals surface area contributed by atoms with E-state index >= 15 is 0 Å². The molecule has 0 aliphatic heterocycles. The summed E-state index contributed by atoms with van der Waals surface area (Å²) >= 11 is 0. The third kappa shape index (κ3) is 8.21. The standard InChI is InChI=1S/C8H19NO3S/c1-2-8-13(11,12)9-6-4-3-5-7-10/h9-10H,2-8H2,1H3. The van der Waals surface area contributed by atoms with Crippen LogP contribution in [0.15, 0.2) is 0 Å². The average molecular weight is 209 g/mol. The summed E-state index contributed by atoms with van der Waals surface area (Å²) < 4.78 is 24.7. The number of hydrogen-bond donors (Lipinski definition) is 2. The van der Waals surface area contributed by atoms with E-state index in [1.807, 2.05) is 6.92 Å². The Morgan fingerprint density at radius 2 is 1.92 bits per heavy atom. The van der Waals surface area contributed by atoms with E-state index in [0.717, 1.165) is 19.3 Å². The number of unbranched alkanes of at least 4 members (excludes halogenated alkanes) is 2. The van der Waals surface area contributed by atoms with Crippen LogP contribution in [0.25, 0.3) is 0 Å². The Morgan fingerprint density at radius 1 is 1.23 bits per heavy atom. The smallest absolute Gasteiger partial charge is 0.211 e. The molecule has 0 aromatic carbocycles. The van der Waals surface area contributed by atoms with Crippen molar-refractivity contribution in [3.05, 3.63) is 0 Å². The Kier molecular flexibility index (Phi) is 7.22. The fourth-order valence-electron chi connectivity index (χ4n) is 0.982. The van der Waals surface area contributed by atoms with Gasteiger partial charge in [0.05, 0.1) is 5.75 Å². The van der Waals surface area contributed by atoms with Gasteiger partial charge in [-0.1, -0.05) is 6.92 Å². The molecule has 0 fully saturated rings. The summed E-state index contributed by atoms with van der Waals surface area (Å²) in [4.78, 5) is 0. The van der Waals surface area contributed by atoms with Gasteiger partial charge in [-0.25, -0.2) is 13.1 Å². The fourth-order valence-corrected chi connectivity index (χ4v) is 2.12. The maximum absolute atomic E-state index is 11.1. The van der Waals surface area contributed by atoms with Crippen molar-refractivity contribution in [3.8, 4) is 0 Å². The summed E-state index contributed by atoms with van der Waals surface area (Å²) in [7, 11) is -3.03. The van der Waals surface area contributed by atoms with E-state index in [-0.39, 0.29) is 12.4 Å². The maximum atomic E-state index is 11.1. The second kappa shape index (κ2) is 7.29. The Labute approximate surface area is 80.4 Å². The largest absolute Gasteiger partial charge is 0.396 e. The van der Waals surface area contributed by atoms with Crippen LogP contribution in [0.4, 0.5) is 0 Å². The van der Waals surface area contributed by atoms with Crippen molar-refractivity contribution >= 4 is 10.0 Å². The quantitative estimate of drug-likeness (QED) is 0.571. The number of aliphatic hydroxyl groups is 1. The lowest BCUT2D eigenvalue weighted by atomic mass is 10.2. The van der Waals surface area contributed by atoms with Gasteiger partial charge in [-0.15, -0.1) is 0 Å². The molecular weight excluding hydrogens is 190 g/mol. The first-order valence-electron chi connectivity index (χ1n) is 4.70. The molecule has 0 saturated heterocycles. The first kappa shape index (κ1) is 12.9. The highest BCUT2D eigenvalue weighted by Crippen LogP contribution is 1.94. The summed E-state index contributed by atoms with van der Waals surface area (Å²) in [5, 5.41) is 8.47. The molecule has 5 heteroatoms. The second-order valence-corrected chi connectivity index (χ2v) is 4.92. The zero-order valence-electron chi connectivity index (χ0n) is 8.12. The van der Waals surface area contributed by atoms with Crippen molar-refractivity contribution in [1.82, 2.24) is 4.72 Å². The Balaban J connectivity index is 3.41. The van der Waals surface area contributed by atoms with E-state index in [1.54, 1.807) is 0 Å². The zero-order valence-corrected chi connectivity index (χ0v) is 8.94. The SMILES string of the molecule is CCCS(=O)(=O)NCCCCCO. The molecule has 13 heavy (non-hydrogen) atoms. The van der Waals surface area contributed by atoms with Crippen molar-refractivity contribution in [1.29, 1.82) is 0 Å². The minimum atomic E-state index is -3.03. The molecule has 0 spiro atoms. The molecule has 0 aromatic heterocycles. The summed E-state index contributed by atoms with van der Waals surface area (Å²) in [6.07, 6.45) is 3.05. The van der Waals surface area contributed by atoms with Crippen LogP contribution >= 0.6 is 0 Å². The van der Waals surface area contributed by atoms with Crippen LogP contribution in [0.5, 0.6) is 0 Å². The van der Waals surface area contributed by atoms with Crippen molar-refractivity contribution in [2.45, 2.75) is 32.6 Å². The molecule has 4 nitrogen and oxygen atoms in total. The van der Waals surface area contributed by atoms with Crippen molar-refractivity contribution in [2.24, 2.45) is 0 Å². The van der Waals surface area contributed by atoms with E-state index in [1.165, 1.54) is 0 Å². The second-order valence-electron chi connectivity index (χ2n) is 3.00. The number of rotatable bonds is 8. The van der Waals surface area contributed by atoms with Gasteiger partial charge in [-0.05, 0) is 25.7 Å². The first-order chi connectivity index (χ1) is 6.12. The topological polar surface area (TPSA) is 66.4 Å². The summed E-state index contributed by atoms with van der Waals surface area (Å²) in [5.74, 6) is 0.201. The van der Waals surface area contributed by atoms with E-state index in [9.17, 15) is 8.42 Å². The van der Waals surface area contributed by atoms with Crippen molar-refractivity contribution in [3.63, 3.8) is 0 Å². The monoisotopic (exact) mass is 209 g/mol. The number of sulfonamides is 1. The summed E-state index contributed by atoms with van der Waals surface area (Å²) in [6, 6.07) is 0. The average Bonchev–Trinajstić information content (AvgIpc) is 2.04. The van der Waals surface area contributed by atoms with Crippen molar-refractivity contribution < 1.29 is 13.5 Å². The summed E-state index contributed by atoms with van der Waals surface area (Å²) in [6.45, 7) is 2.51. The Bertz CT molecular complexity index is 201. The molecular formula is C8H19NO3S. The zero-order chi connectivity index (χ0) is 10.2. The van der Waals surface area contributed by atoms with Crippen LogP contribution in [0.1, 0.15) is 32.6 Å². The number of nitrogens with one attached hydrogen (secondary N) is 1. The molecule has 0 aliphatic rings. The lowest BCUT2D eigenvalue weighted by molar-refractivity contribution is 0.283. The summed E-state index contributed by atoms with van der Waals surface area (Å²) in [5.41, 5.74) is 0. The normalized spacial score (nSPS) is 11.8. The minimum Gasteiger partial charge on any atom is -0.396 e. The molecule has 0 aromatic rings.